The summed E-state index contributed by atoms with van der Waals surface area (Å²) < 4.78 is 0. The summed E-state index contributed by atoms with van der Waals surface area (Å²) >= 11 is 0. The number of hydrogen-bond donors (Lipinski definition) is 2. The van der Waals surface area contributed by atoms with Gasteiger partial charge in [0.2, 0.25) is 0 Å². The standard InChI is InChI=1S/C32H50N6/c1-3-5-7-9-11-21-35-31(33)27-13-17-29(18-14-27)37-23-25-38(26-24-37)30-19-15-28(16-20-30)32(34)36-22-12-10-8-6-4-2/h13-20H,3-12,21-26H2,1-2H3,(H2,33,35)(H2,34,36). The number of benzene rings is 2. The largest absolute Gasteiger partial charge is 0.384 e. The maximum Gasteiger partial charge on any atom is 0.125 e. The summed E-state index contributed by atoms with van der Waals surface area (Å²) in [5.41, 5.74) is 17.0. The maximum absolute atomic E-state index is 6.24. The van der Waals surface area contributed by atoms with Crippen LogP contribution in [0, 0.1) is 0 Å². The Morgan fingerprint density at radius 1 is 0.553 bits per heavy atom. The van der Waals surface area contributed by atoms with Crippen LogP contribution in [0.15, 0.2) is 58.5 Å². The van der Waals surface area contributed by atoms with E-state index in [9.17, 15) is 0 Å². The predicted octanol–water partition coefficient (Wildman–Crippen LogP) is 6.36. The maximum atomic E-state index is 6.24. The number of aliphatic imine (C=N–C) groups is 2. The Morgan fingerprint density at radius 2 is 0.895 bits per heavy atom. The van der Waals surface area contributed by atoms with Crippen molar-refractivity contribution in [2.24, 2.45) is 21.5 Å². The van der Waals surface area contributed by atoms with E-state index in [0.29, 0.717) is 11.7 Å². The van der Waals surface area contributed by atoms with Gasteiger partial charge in [0.25, 0.3) is 0 Å². The monoisotopic (exact) mass is 518 g/mol. The molecule has 2 aromatic rings. The summed E-state index contributed by atoms with van der Waals surface area (Å²) in [6, 6.07) is 17.1. The van der Waals surface area contributed by atoms with Crippen molar-refractivity contribution in [1.29, 1.82) is 0 Å². The van der Waals surface area contributed by atoms with E-state index in [-0.39, 0.29) is 0 Å². The highest BCUT2D eigenvalue weighted by molar-refractivity contribution is 5.98. The number of rotatable bonds is 16. The third-order valence-electron chi connectivity index (χ3n) is 7.42. The fraction of sp³-hybridized carbons (Fsp3) is 0.562. The zero-order chi connectivity index (χ0) is 27.0. The van der Waals surface area contributed by atoms with Gasteiger partial charge in [-0.1, -0.05) is 65.2 Å². The number of unbranched alkanes of at least 4 members (excludes halogenated alkanes) is 8. The zero-order valence-corrected chi connectivity index (χ0v) is 23.9. The molecule has 1 fully saturated rings. The van der Waals surface area contributed by atoms with Crippen LogP contribution in [0.1, 0.15) is 89.2 Å². The predicted molar refractivity (Wildman–Crippen MR) is 166 cm³/mol. The van der Waals surface area contributed by atoms with Gasteiger partial charge in [-0.15, -0.1) is 0 Å². The second-order valence-electron chi connectivity index (χ2n) is 10.4. The molecule has 0 unspecified atom stereocenters. The molecule has 0 amide bonds. The molecule has 0 saturated carbocycles. The fourth-order valence-electron chi connectivity index (χ4n) is 4.92. The van der Waals surface area contributed by atoms with E-state index in [0.717, 1.165) is 63.2 Å². The van der Waals surface area contributed by atoms with Gasteiger partial charge < -0.3 is 21.3 Å². The molecule has 6 nitrogen and oxygen atoms in total. The van der Waals surface area contributed by atoms with Gasteiger partial charge in [-0.3, -0.25) is 9.98 Å². The normalized spacial score (nSPS) is 14.8. The van der Waals surface area contributed by atoms with Crippen LogP contribution in [0.4, 0.5) is 11.4 Å². The van der Waals surface area contributed by atoms with E-state index >= 15 is 0 Å². The Bertz CT molecular complexity index is 891. The molecule has 208 valence electrons. The minimum Gasteiger partial charge on any atom is -0.384 e. The first-order valence-corrected chi connectivity index (χ1v) is 14.9. The van der Waals surface area contributed by atoms with Crippen molar-refractivity contribution in [2.45, 2.75) is 78.1 Å². The Kier molecular flexibility index (Phi) is 13.0. The van der Waals surface area contributed by atoms with Crippen molar-refractivity contribution in [1.82, 2.24) is 0 Å². The van der Waals surface area contributed by atoms with E-state index in [1.54, 1.807) is 0 Å². The van der Waals surface area contributed by atoms with Crippen molar-refractivity contribution in [3.8, 4) is 0 Å². The lowest BCUT2D eigenvalue weighted by Gasteiger charge is -2.37. The quantitative estimate of drug-likeness (QED) is 0.154. The van der Waals surface area contributed by atoms with Crippen molar-refractivity contribution in [3.63, 3.8) is 0 Å². The minimum absolute atomic E-state index is 0.651. The molecule has 1 heterocycles. The first-order valence-electron chi connectivity index (χ1n) is 14.9. The van der Waals surface area contributed by atoms with Gasteiger partial charge in [-0.2, -0.15) is 0 Å². The van der Waals surface area contributed by atoms with Gasteiger partial charge in [0, 0.05) is 61.8 Å². The molecule has 2 aromatic carbocycles. The molecular formula is C32H50N6. The van der Waals surface area contributed by atoms with Gasteiger partial charge in [0.1, 0.15) is 11.7 Å². The fourth-order valence-corrected chi connectivity index (χ4v) is 4.92. The Labute approximate surface area is 231 Å². The molecule has 0 spiro atoms. The summed E-state index contributed by atoms with van der Waals surface area (Å²) in [4.78, 5) is 14.1. The van der Waals surface area contributed by atoms with E-state index in [1.165, 1.54) is 62.7 Å². The van der Waals surface area contributed by atoms with Crippen LogP contribution < -0.4 is 21.3 Å². The number of nitrogens with two attached hydrogens (primary N) is 2. The zero-order valence-electron chi connectivity index (χ0n) is 23.9. The third kappa shape index (κ3) is 9.70. The van der Waals surface area contributed by atoms with Gasteiger partial charge in [0.15, 0.2) is 0 Å². The molecule has 0 aliphatic carbocycles. The average molecular weight is 519 g/mol. The van der Waals surface area contributed by atoms with Crippen LogP contribution in [-0.2, 0) is 0 Å². The number of nitrogens with zero attached hydrogens (tertiary/aromatic N) is 4. The second-order valence-corrected chi connectivity index (χ2v) is 10.4. The van der Waals surface area contributed by atoms with Crippen molar-refractivity contribution in [3.05, 3.63) is 59.7 Å². The molecule has 1 aliphatic heterocycles. The molecule has 0 atom stereocenters. The number of anilines is 2. The van der Waals surface area contributed by atoms with E-state index < -0.39 is 0 Å². The highest BCUT2D eigenvalue weighted by Crippen LogP contribution is 2.22. The second kappa shape index (κ2) is 16.7. The van der Waals surface area contributed by atoms with Crippen LogP contribution in [0.2, 0.25) is 0 Å². The Balaban J connectivity index is 1.43. The smallest absolute Gasteiger partial charge is 0.125 e. The molecule has 0 aromatic heterocycles. The number of hydrogen-bond acceptors (Lipinski definition) is 4. The summed E-state index contributed by atoms with van der Waals surface area (Å²) in [5.74, 6) is 1.30. The van der Waals surface area contributed by atoms with E-state index in [2.05, 4.69) is 82.2 Å². The van der Waals surface area contributed by atoms with Crippen molar-refractivity contribution in [2.75, 3.05) is 49.1 Å². The molecule has 0 radical (unpaired) electrons. The Hall–Kier alpha value is -3.02. The van der Waals surface area contributed by atoms with Gasteiger partial charge in [0.05, 0.1) is 0 Å². The minimum atomic E-state index is 0.651. The molecule has 4 N–H and O–H groups in total. The summed E-state index contributed by atoms with van der Waals surface area (Å²) in [6.07, 6.45) is 12.5. The van der Waals surface area contributed by atoms with Crippen molar-refractivity contribution < 1.29 is 0 Å². The van der Waals surface area contributed by atoms with Gasteiger partial charge in [-0.05, 0) is 61.4 Å². The van der Waals surface area contributed by atoms with Crippen LogP contribution in [0.5, 0.6) is 0 Å². The van der Waals surface area contributed by atoms with Crippen molar-refractivity contribution >= 4 is 23.0 Å². The lowest BCUT2D eigenvalue weighted by atomic mass is 10.1. The van der Waals surface area contributed by atoms with Gasteiger partial charge in [-0.25, -0.2) is 0 Å². The molecule has 1 saturated heterocycles. The van der Waals surface area contributed by atoms with Crippen LogP contribution in [-0.4, -0.2) is 50.9 Å². The molecule has 38 heavy (non-hydrogen) atoms. The summed E-state index contributed by atoms with van der Waals surface area (Å²) in [5, 5.41) is 0. The molecule has 0 bridgehead atoms. The molecule has 6 heteroatoms. The lowest BCUT2D eigenvalue weighted by Crippen LogP contribution is -2.46. The highest BCUT2D eigenvalue weighted by atomic mass is 15.3. The van der Waals surface area contributed by atoms with E-state index in [4.69, 9.17) is 11.5 Å². The topological polar surface area (TPSA) is 83.2 Å². The lowest BCUT2D eigenvalue weighted by molar-refractivity contribution is 0.638. The summed E-state index contributed by atoms with van der Waals surface area (Å²) in [7, 11) is 0. The van der Waals surface area contributed by atoms with Crippen LogP contribution >= 0.6 is 0 Å². The first kappa shape index (κ1) is 29.5. The SMILES string of the molecule is CCCCCCCN=C(N)c1ccc(N2CCN(c3ccc(C(N)=NCCCCCCC)cc3)CC2)cc1. The highest BCUT2D eigenvalue weighted by Gasteiger charge is 2.18. The Morgan fingerprint density at radius 3 is 1.24 bits per heavy atom. The molecule has 1 aliphatic rings. The van der Waals surface area contributed by atoms with E-state index in [1.807, 2.05) is 0 Å². The first-order chi connectivity index (χ1) is 18.6. The summed E-state index contributed by atoms with van der Waals surface area (Å²) in [6.45, 7) is 10.1. The number of amidine groups is 2. The third-order valence-corrected chi connectivity index (χ3v) is 7.42. The molecular weight excluding hydrogens is 468 g/mol. The van der Waals surface area contributed by atoms with Gasteiger partial charge >= 0.3 is 0 Å². The number of piperazine rings is 1. The van der Waals surface area contributed by atoms with Crippen LogP contribution in [0.3, 0.4) is 0 Å². The molecule has 3 rings (SSSR count). The van der Waals surface area contributed by atoms with Crippen LogP contribution in [0.25, 0.3) is 0 Å². The average Bonchev–Trinajstić information content (AvgIpc) is 2.97.